The number of carbonyl (C=O) groups excluding carboxylic acids is 10. The van der Waals surface area contributed by atoms with E-state index in [4.69, 9.17) is 22.9 Å². The summed E-state index contributed by atoms with van der Waals surface area (Å²) in [5, 5.41) is 44.0. The van der Waals surface area contributed by atoms with Crippen LogP contribution in [-0.2, 0) is 59.2 Å². The van der Waals surface area contributed by atoms with Gasteiger partial charge in [0.05, 0.1) is 48.0 Å². The minimum Gasteiger partial charge on any atom is -0.508 e. The average molecular weight is 1060 g/mol. The Morgan fingerprint density at radius 2 is 1.36 bits per heavy atom. The largest absolute Gasteiger partial charge is 0.508 e. The molecule has 0 aliphatic carbocycles. The van der Waals surface area contributed by atoms with E-state index >= 15 is 0 Å². The lowest BCUT2D eigenvalue weighted by Gasteiger charge is -2.27. The third kappa shape index (κ3) is 24.8. The number of amides is 6. The van der Waals surface area contributed by atoms with Crippen LogP contribution >= 0.6 is 0 Å². The second-order valence-electron chi connectivity index (χ2n) is 20.0. The van der Waals surface area contributed by atoms with Crippen molar-refractivity contribution in [2.24, 2.45) is 52.5 Å². The first-order valence-corrected chi connectivity index (χ1v) is 26.2. The summed E-state index contributed by atoms with van der Waals surface area (Å²) >= 11 is 0. The number of primary amides is 1. The third-order valence-corrected chi connectivity index (χ3v) is 13.4. The van der Waals surface area contributed by atoms with Crippen LogP contribution in [0.1, 0.15) is 135 Å². The Kier molecular flexibility index (Phi) is 29.8. The van der Waals surface area contributed by atoms with Crippen molar-refractivity contribution in [2.75, 3.05) is 26.2 Å². The number of ketones is 4. The van der Waals surface area contributed by atoms with Crippen LogP contribution in [0, 0.1) is 29.6 Å². The number of Topliss-reactive ketones (excluding diaryl/α,β-unsaturated/α-hetero) is 4. The number of aliphatic hydroxyl groups excluding tert-OH is 1. The summed E-state index contributed by atoms with van der Waals surface area (Å²) in [6.07, 6.45) is -1.99. The van der Waals surface area contributed by atoms with Gasteiger partial charge in [-0.25, -0.2) is 0 Å². The summed E-state index contributed by atoms with van der Waals surface area (Å²) < 4.78 is 0. The molecule has 1 aliphatic rings. The topological polar surface area (TPSA) is 413 Å². The molecule has 23 nitrogen and oxygen atoms in total. The molecule has 0 spiro atoms. The second-order valence-corrected chi connectivity index (χ2v) is 20.0. The number of aliphatic hydroxyl groups is 1. The molecule has 9 atom stereocenters. The van der Waals surface area contributed by atoms with Crippen molar-refractivity contribution in [3.05, 3.63) is 29.8 Å². The summed E-state index contributed by atoms with van der Waals surface area (Å²) in [6.45, 7) is 5.24. The van der Waals surface area contributed by atoms with Crippen LogP contribution in [0.3, 0.4) is 0 Å². The summed E-state index contributed by atoms with van der Waals surface area (Å²) in [4.78, 5) is 148. The maximum Gasteiger partial charge on any atom is 0.307 e. The standard InChI is InChI=1S/C52H83N9O14/c1-30(2)36(52(74)75)28-44(66)40-17-18-47(69)58-23-19-48(70)57-22-9-6-12-39(45(67)29-37(31(3)62)51(73)60-40)59-49(71)33(10-4-7-20-53)25-43(65)41(24-32-13-15-35(63)16-14-32)61-50(72)34(27-46(56)68)26-42(64)38(55)11-5-8-21-54/h13-16,30-31,33-34,36-41,62-63H,4-12,17-29,53-55H2,1-3H3,(H2,56,68)(H,57,70)(H,58,69)(H,59,71)(H,60,73)(H,61,72)(H,74,75)/t31?,33-,34+,36?,37+,38+,39+,40?,41+/m1/s1. The van der Waals surface area contributed by atoms with Crippen molar-refractivity contribution in [1.29, 1.82) is 0 Å². The van der Waals surface area contributed by atoms with Gasteiger partial charge in [0.1, 0.15) is 11.5 Å². The van der Waals surface area contributed by atoms with Gasteiger partial charge in [-0.05, 0) is 101 Å². The molecule has 420 valence electrons. The van der Waals surface area contributed by atoms with E-state index in [0.29, 0.717) is 50.6 Å². The number of unbranched alkanes of at least 4 members (excludes halogenated alkanes) is 2. The smallest absolute Gasteiger partial charge is 0.307 e. The Hall–Kier alpha value is -6.17. The van der Waals surface area contributed by atoms with Crippen LogP contribution in [0.15, 0.2) is 24.3 Å². The molecule has 2 rings (SSSR count). The van der Waals surface area contributed by atoms with Crippen LogP contribution in [-0.4, -0.2) is 136 Å². The lowest BCUT2D eigenvalue weighted by atomic mass is 9.87. The highest BCUT2D eigenvalue weighted by atomic mass is 16.4. The van der Waals surface area contributed by atoms with Crippen molar-refractivity contribution < 1.29 is 68.1 Å². The summed E-state index contributed by atoms with van der Waals surface area (Å²) in [6, 6.07) is 0.795. The van der Waals surface area contributed by atoms with Crippen molar-refractivity contribution in [2.45, 2.75) is 167 Å². The van der Waals surface area contributed by atoms with Crippen LogP contribution < -0.4 is 49.5 Å². The van der Waals surface area contributed by atoms with Crippen molar-refractivity contribution in [3.8, 4) is 5.75 Å². The van der Waals surface area contributed by atoms with Gasteiger partial charge in [-0.1, -0.05) is 38.8 Å². The van der Waals surface area contributed by atoms with Gasteiger partial charge in [0.2, 0.25) is 35.4 Å². The Balaban J connectivity index is 2.55. The van der Waals surface area contributed by atoms with E-state index in [0.717, 1.165) is 0 Å². The Bertz CT molecular complexity index is 2090. The van der Waals surface area contributed by atoms with Gasteiger partial charge in [0.15, 0.2) is 17.3 Å². The van der Waals surface area contributed by atoms with Gasteiger partial charge in [0.25, 0.3) is 0 Å². The monoisotopic (exact) mass is 1060 g/mol. The van der Waals surface area contributed by atoms with Gasteiger partial charge in [0, 0.05) is 64.0 Å². The Labute approximate surface area is 438 Å². The third-order valence-electron chi connectivity index (χ3n) is 13.4. The molecule has 0 aromatic heterocycles. The predicted molar refractivity (Wildman–Crippen MR) is 276 cm³/mol. The number of phenolic OH excluding ortho intramolecular Hbond substituents is 1. The molecule has 1 heterocycles. The number of carbonyl (C=O) groups is 11. The first-order chi connectivity index (χ1) is 35.5. The fourth-order valence-electron chi connectivity index (χ4n) is 8.69. The number of carboxylic acids is 1. The molecule has 23 heteroatoms. The molecule has 1 aromatic carbocycles. The molecule has 0 radical (unpaired) electrons. The van der Waals surface area contributed by atoms with E-state index in [9.17, 15) is 68.1 Å². The molecule has 0 bridgehead atoms. The number of carboxylic acid groups (broad SMARTS) is 1. The lowest BCUT2D eigenvalue weighted by Crippen LogP contribution is -2.50. The molecular formula is C52H83N9O14. The number of aromatic hydroxyl groups is 1. The minimum atomic E-state index is -1.49. The zero-order valence-corrected chi connectivity index (χ0v) is 43.8. The first kappa shape index (κ1) is 64.9. The Morgan fingerprint density at radius 1 is 0.747 bits per heavy atom. The number of benzene rings is 1. The zero-order chi connectivity index (χ0) is 56.2. The number of hydrogen-bond acceptors (Lipinski definition) is 16. The fraction of sp³-hybridized carbons (Fsp3) is 0.673. The molecule has 75 heavy (non-hydrogen) atoms. The van der Waals surface area contributed by atoms with E-state index in [2.05, 4.69) is 26.6 Å². The van der Waals surface area contributed by atoms with Crippen LogP contribution in [0.4, 0.5) is 0 Å². The number of nitrogens with two attached hydrogens (primary N) is 4. The second kappa shape index (κ2) is 34.4. The summed E-state index contributed by atoms with van der Waals surface area (Å²) in [5.41, 5.74) is 23.5. The first-order valence-electron chi connectivity index (χ1n) is 26.2. The number of hydrogen-bond donors (Lipinski definition) is 12. The van der Waals surface area contributed by atoms with E-state index in [-0.39, 0.29) is 76.2 Å². The van der Waals surface area contributed by atoms with E-state index in [1.54, 1.807) is 13.8 Å². The molecule has 6 amide bonds. The quantitative estimate of drug-likeness (QED) is 0.0486. The molecule has 1 fully saturated rings. The van der Waals surface area contributed by atoms with Crippen molar-refractivity contribution in [3.63, 3.8) is 0 Å². The van der Waals surface area contributed by atoms with E-state index < -0.39 is 151 Å². The van der Waals surface area contributed by atoms with Crippen molar-refractivity contribution in [1.82, 2.24) is 26.6 Å². The minimum absolute atomic E-state index is 0.0167. The predicted octanol–water partition coefficient (Wildman–Crippen LogP) is -0.141. The van der Waals surface area contributed by atoms with Gasteiger partial charge in [-0.15, -0.1) is 0 Å². The van der Waals surface area contributed by atoms with E-state index in [1.165, 1.54) is 31.2 Å². The van der Waals surface area contributed by atoms with Gasteiger partial charge in [-0.2, -0.15) is 0 Å². The highest BCUT2D eigenvalue weighted by molar-refractivity contribution is 5.98. The number of phenols is 1. The normalized spacial score (nSPS) is 20.0. The molecule has 1 aliphatic heterocycles. The highest BCUT2D eigenvalue weighted by Crippen LogP contribution is 2.23. The fourth-order valence-corrected chi connectivity index (χ4v) is 8.69. The van der Waals surface area contributed by atoms with Gasteiger partial charge < -0.3 is 64.8 Å². The molecular weight excluding hydrogens is 975 g/mol. The van der Waals surface area contributed by atoms with Gasteiger partial charge in [-0.3, -0.25) is 52.7 Å². The molecule has 16 N–H and O–H groups in total. The van der Waals surface area contributed by atoms with Crippen LogP contribution in [0.2, 0.25) is 0 Å². The number of aliphatic carboxylic acids is 1. The SMILES string of the molecule is CC(C)C(CC(=O)C1CCC(=O)NCCC(=O)NCCCC[C@H](NC(=O)[C@H](CCCCN)CC(=O)[C@H](Cc2ccc(O)cc2)NC(=O)[C@H](CC(N)=O)CC(=O)[C@@H](N)CCCCN)C(=O)C[C@@H](C(C)O)C(=O)N1)C(=O)O. The van der Waals surface area contributed by atoms with Crippen LogP contribution in [0.5, 0.6) is 5.75 Å². The molecule has 1 aromatic rings. The maximum absolute atomic E-state index is 14.5. The molecule has 3 unspecified atom stereocenters. The Morgan fingerprint density at radius 3 is 1.96 bits per heavy atom. The number of rotatable bonds is 28. The zero-order valence-electron chi connectivity index (χ0n) is 43.8. The summed E-state index contributed by atoms with van der Waals surface area (Å²) in [7, 11) is 0. The highest BCUT2D eigenvalue weighted by Gasteiger charge is 2.37. The van der Waals surface area contributed by atoms with Crippen molar-refractivity contribution >= 4 is 64.5 Å². The van der Waals surface area contributed by atoms with E-state index in [1.807, 2.05) is 0 Å². The summed E-state index contributed by atoms with van der Waals surface area (Å²) in [5.74, 6) is -13.7. The average Bonchev–Trinajstić information content (AvgIpc) is 3.34. The lowest BCUT2D eigenvalue weighted by molar-refractivity contribution is -0.146. The maximum atomic E-state index is 14.5. The van der Waals surface area contributed by atoms with Gasteiger partial charge >= 0.3 is 5.97 Å². The molecule has 0 saturated carbocycles. The van der Waals surface area contributed by atoms with Crippen LogP contribution in [0.25, 0.3) is 0 Å². The molecule has 1 saturated heterocycles. The number of nitrogens with one attached hydrogen (secondary N) is 5.